The Labute approximate surface area is 118 Å². The summed E-state index contributed by atoms with van der Waals surface area (Å²) >= 11 is 18.1. The van der Waals surface area contributed by atoms with Crippen molar-refractivity contribution in [1.82, 2.24) is 5.32 Å². The van der Waals surface area contributed by atoms with Crippen LogP contribution in [0.1, 0.15) is 45.2 Å². The maximum absolute atomic E-state index is 6.20. The summed E-state index contributed by atoms with van der Waals surface area (Å²) in [5.41, 5.74) is 0.990. The lowest BCUT2D eigenvalue weighted by Gasteiger charge is -2.21. The third kappa shape index (κ3) is 4.03. The third-order valence-corrected chi connectivity index (χ3v) is 4.10. The Bertz CT molecular complexity index is 379. The van der Waals surface area contributed by atoms with Gasteiger partial charge in [0.1, 0.15) is 0 Å². The summed E-state index contributed by atoms with van der Waals surface area (Å²) in [7, 11) is 0. The van der Waals surface area contributed by atoms with Crippen LogP contribution in [0.25, 0.3) is 0 Å². The van der Waals surface area contributed by atoms with Crippen molar-refractivity contribution in [3.63, 3.8) is 0 Å². The summed E-state index contributed by atoms with van der Waals surface area (Å²) in [6.45, 7) is 6.43. The normalized spacial score (nSPS) is 14.7. The van der Waals surface area contributed by atoms with E-state index in [0.29, 0.717) is 21.1 Å². The molecule has 0 amide bonds. The summed E-state index contributed by atoms with van der Waals surface area (Å²) in [6.07, 6.45) is 2.30. The minimum Gasteiger partial charge on any atom is -0.308 e. The van der Waals surface area contributed by atoms with E-state index in [9.17, 15) is 0 Å². The molecule has 4 heteroatoms. The molecule has 0 aliphatic carbocycles. The number of nitrogens with one attached hydrogen (secondary N) is 1. The van der Waals surface area contributed by atoms with Crippen molar-refractivity contribution in [2.24, 2.45) is 0 Å². The number of hydrogen-bond acceptors (Lipinski definition) is 1. The van der Waals surface area contributed by atoms with Gasteiger partial charge >= 0.3 is 0 Å². The molecule has 0 aliphatic rings. The molecule has 1 rings (SSSR count). The van der Waals surface area contributed by atoms with E-state index in [-0.39, 0.29) is 6.04 Å². The first-order valence-electron chi connectivity index (χ1n) is 5.86. The van der Waals surface area contributed by atoms with Crippen LogP contribution in [0.5, 0.6) is 0 Å². The zero-order valence-corrected chi connectivity index (χ0v) is 12.6. The van der Waals surface area contributed by atoms with E-state index in [0.717, 1.165) is 18.4 Å². The van der Waals surface area contributed by atoms with Gasteiger partial charge in [-0.3, -0.25) is 0 Å². The van der Waals surface area contributed by atoms with Crippen LogP contribution in [0, 0.1) is 0 Å². The van der Waals surface area contributed by atoms with Crippen molar-refractivity contribution in [2.75, 3.05) is 0 Å². The molecule has 0 saturated heterocycles. The van der Waals surface area contributed by atoms with Crippen LogP contribution in [0.4, 0.5) is 0 Å². The lowest BCUT2D eigenvalue weighted by Crippen LogP contribution is -2.28. The first kappa shape index (κ1) is 15.1. The van der Waals surface area contributed by atoms with Gasteiger partial charge in [-0.2, -0.15) is 0 Å². The molecular weight excluding hydrogens is 277 g/mol. The minimum atomic E-state index is 0.166. The molecule has 96 valence electrons. The van der Waals surface area contributed by atoms with Gasteiger partial charge in [0.2, 0.25) is 0 Å². The molecular formula is C13H18Cl3N. The highest BCUT2D eigenvalue weighted by molar-refractivity contribution is 6.48. The van der Waals surface area contributed by atoms with Gasteiger partial charge in [-0.15, -0.1) is 0 Å². The van der Waals surface area contributed by atoms with Crippen molar-refractivity contribution in [1.29, 1.82) is 0 Å². The van der Waals surface area contributed by atoms with Crippen molar-refractivity contribution in [3.8, 4) is 0 Å². The highest BCUT2D eigenvalue weighted by Crippen LogP contribution is 2.35. The van der Waals surface area contributed by atoms with E-state index in [4.69, 9.17) is 34.8 Å². The van der Waals surface area contributed by atoms with Gasteiger partial charge in [0.15, 0.2) is 0 Å². The topological polar surface area (TPSA) is 12.0 Å². The second kappa shape index (κ2) is 6.84. The van der Waals surface area contributed by atoms with Crippen molar-refractivity contribution >= 4 is 34.8 Å². The Hall–Kier alpha value is 0.0500. The number of rotatable bonds is 5. The zero-order valence-electron chi connectivity index (χ0n) is 10.4. The van der Waals surface area contributed by atoms with Crippen LogP contribution in [0.15, 0.2) is 12.1 Å². The number of halogens is 3. The molecule has 2 unspecified atom stereocenters. The van der Waals surface area contributed by atoms with Gasteiger partial charge in [-0.25, -0.2) is 0 Å². The van der Waals surface area contributed by atoms with E-state index in [2.05, 4.69) is 26.1 Å². The molecule has 0 fully saturated rings. The maximum atomic E-state index is 6.20. The van der Waals surface area contributed by atoms with Crippen molar-refractivity contribution in [3.05, 3.63) is 32.8 Å². The molecule has 0 aromatic heterocycles. The van der Waals surface area contributed by atoms with Crippen LogP contribution in [0.2, 0.25) is 15.1 Å². The molecule has 17 heavy (non-hydrogen) atoms. The second-order valence-corrected chi connectivity index (χ2v) is 5.51. The van der Waals surface area contributed by atoms with E-state index in [1.807, 2.05) is 6.07 Å². The molecule has 0 heterocycles. The average Bonchev–Trinajstić information content (AvgIpc) is 2.26. The largest absolute Gasteiger partial charge is 0.308 e. The molecule has 0 spiro atoms. The molecule has 1 aromatic rings. The molecule has 0 bridgehead atoms. The predicted molar refractivity (Wildman–Crippen MR) is 77.4 cm³/mol. The van der Waals surface area contributed by atoms with Crippen LogP contribution in [-0.2, 0) is 0 Å². The fourth-order valence-electron chi connectivity index (χ4n) is 1.91. The fourth-order valence-corrected chi connectivity index (χ4v) is 2.61. The van der Waals surface area contributed by atoms with E-state index in [1.165, 1.54) is 0 Å². The minimum absolute atomic E-state index is 0.166. The fraction of sp³-hybridized carbons (Fsp3) is 0.538. The molecule has 0 saturated carbocycles. The van der Waals surface area contributed by atoms with Crippen LogP contribution in [-0.4, -0.2) is 6.04 Å². The van der Waals surface area contributed by atoms with Gasteiger partial charge in [0.05, 0.1) is 15.1 Å². The second-order valence-electron chi connectivity index (χ2n) is 4.34. The highest BCUT2D eigenvalue weighted by atomic mass is 35.5. The summed E-state index contributed by atoms with van der Waals surface area (Å²) < 4.78 is 0. The third-order valence-electron chi connectivity index (χ3n) is 2.79. The SMILES string of the molecule is CCCC(C)NC(C)c1ccc(Cl)c(Cl)c1Cl. The molecule has 1 N–H and O–H groups in total. The standard InChI is InChI=1S/C13H18Cl3N/c1-4-5-8(2)17-9(3)10-6-7-11(14)13(16)12(10)15/h6-9,17H,4-5H2,1-3H3. The maximum Gasteiger partial charge on any atom is 0.0781 e. The smallest absolute Gasteiger partial charge is 0.0781 e. The van der Waals surface area contributed by atoms with Crippen molar-refractivity contribution < 1.29 is 0 Å². The summed E-state index contributed by atoms with van der Waals surface area (Å²) in [5.74, 6) is 0. The van der Waals surface area contributed by atoms with Crippen LogP contribution < -0.4 is 5.32 Å². The predicted octanol–water partition coefficient (Wildman–Crippen LogP) is 5.49. The summed E-state index contributed by atoms with van der Waals surface area (Å²) in [6, 6.07) is 4.33. The summed E-state index contributed by atoms with van der Waals surface area (Å²) in [5, 5.41) is 4.97. The average molecular weight is 295 g/mol. The van der Waals surface area contributed by atoms with Gasteiger partial charge in [0, 0.05) is 12.1 Å². The Kier molecular flexibility index (Phi) is 6.08. The molecule has 1 nitrogen and oxygen atoms in total. The Morgan fingerprint density at radius 1 is 1.12 bits per heavy atom. The molecule has 0 radical (unpaired) electrons. The monoisotopic (exact) mass is 293 g/mol. The number of benzene rings is 1. The zero-order chi connectivity index (χ0) is 13.0. The first-order valence-corrected chi connectivity index (χ1v) is 7.00. The Balaban J connectivity index is 2.82. The summed E-state index contributed by atoms with van der Waals surface area (Å²) in [4.78, 5) is 0. The lowest BCUT2D eigenvalue weighted by molar-refractivity contribution is 0.453. The Morgan fingerprint density at radius 3 is 2.35 bits per heavy atom. The Morgan fingerprint density at radius 2 is 1.76 bits per heavy atom. The van der Waals surface area contributed by atoms with Crippen molar-refractivity contribution in [2.45, 2.75) is 45.7 Å². The van der Waals surface area contributed by atoms with Gasteiger partial charge in [-0.1, -0.05) is 54.2 Å². The quantitative estimate of drug-likeness (QED) is 0.708. The van der Waals surface area contributed by atoms with Crippen LogP contribution >= 0.6 is 34.8 Å². The van der Waals surface area contributed by atoms with E-state index >= 15 is 0 Å². The van der Waals surface area contributed by atoms with Gasteiger partial charge in [-0.05, 0) is 31.9 Å². The van der Waals surface area contributed by atoms with Crippen LogP contribution in [0.3, 0.4) is 0 Å². The van der Waals surface area contributed by atoms with Gasteiger partial charge < -0.3 is 5.32 Å². The van der Waals surface area contributed by atoms with E-state index < -0.39 is 0 Å². The van der Waals surface area contributed by atoms with E-state index in [1.54, 1.807) is 6.07 Å². The molecule has 2 atom stereocenters. The number of hydrogen-bond donors (Lipinski definition) is 1. The first-order chi connectivity index (χ1) is 7.97. The lowest BCUT2D eigenvalue weighted by atomic mass is 10.1. The highest BCUT2D eigenvalue weighted by Gasteiger charge is 2.15. The van der Waals surface area contributed by atoms with Gasteiger partial charge in [0.25, 0.3) is 0 Å². The molecule has 0 aliphatic heterocycles. The molecule has 1 aromatic carbocycles.